The Labute approximate surface area is 80.7 Å². The van der Waals surface area contributed by atoms with Gasteiger partial charge >= 0.3 is 0 Å². The number of aliphatic hydroxyl groups is 2. The molecule has 0 aromatic carbocycles. The lowest BCUT2D eigenvalue weighted by Crippen LogP contribution is -2.23. The number of ether oxygens (including phenoxy) is 1. The van der Waals surface area contributed by atoms with Gasteiger partial charge in [0.15, 0.2) is 0 Å². The van der Waals surface area contributed by atoms with Crippen molar-refractivity contribution in [1.29, 1.82) is 0 Å². The molecule has 3 nitrogen and oxygen atoms in total. The first-order valence-corrected chi connectivity index (χ1v) is 4.93. The fourth-order valence-corrected chi connectivity index (χ4v) is 1.47. The maximum atomic E-state index is 9.09. The highest BCUT2D eigenvalue weighted by atomic mass is 16.5. The molecule has 0 rings (SSSR count). The van der Waals surface area contributed by atoms with Crippen LogP contribution in [-0.2, 0) is 4.74 Å². The topological polar surface area (TPSA) is 49.7 Å². The van der Waals surface area contributed by atoms with E-state index in [0.29, 0.717) is 12.8 Å². The van der Waals surface area contributed by atoms with Gasteiger partial charge < -0.3 is 14.9 Å². The molecule has 0 aromatic rings. The number of hydrogen-bond donors (Lipinski definition) is 2. The molecule has 0 aliphatic rings. The monoisotopic (exact) mass is 190 g/mol. The molecular formula is C10H22O3. The molecule has 0 amide bonds. The van der Waals surface area contributed by atoms with Gasteiger partial charge in [-0.2, -0.15) is 0 Å². The van der Waals surface area contributed by atoms with E-state index in [4.69, 9.17) is 14.9 Å². The molecule has 4 atom stereocenters. The molecule has 13 heavy (non-hydrogen) atoms. The van der Waals surface area contributed by atoms with Crippen molar-refractivity contribution in [3.05, 3.63) is 0 Å². The first-order chi connectivity index (χ1) is 5.91. The van der Waals surface area contributed by atoms with Crippen molar-refractivity contribution in [1.82, 2.24) is 0 Å². The quantitative estimate of drug-likeness (QED) is 0.664. The highest BCUT2D eigenvalue weighted by molar-refractivity contribution is 4.61. The van der Waals surface area contributed by atoms with Crippen LogP contribution in [0.1, 0.15) is 40.5 Å². The molecule has 0 aliphatic carbocycles. The van der Waals surface area contributed by atoms with Gasteiger partial charge in [0.05, 0.1) is 24.4 Å². The normalized spacial score (nSPS) is 20.8. The fraction of sp³-hybridized carbons (Fsp3) is 1.00. The van der Waals surface area contributed by atoms with Crippen LogP contribution in [0.5, 0.6) is 0 Å². The molecule has 0 saturated carbocycles. The zero-order chi connectivity index (χ0) is 10.4. The average Bonchev–Trinajstić information content (AvgIpc) is 1.80. The predicted molar refractivity (Wildman–Crippen MR) is 52.6 cm³/mol. The van der Waals surface area contributed by atoms with Gasteiger partial charge in [-0.15, -0.1) is 0 Å². The largest absolute Gasteiger partial charge is 0.393 e. The molecule has 2 N–H and O–H groups in total. The van der Waals surface area contributed by atoms with Gasteiger partial charge in [-0.05, 0) is 40.5 Å². The van der Waals surface area contributed by atoms with Crippen LogP contribution in [-0.4, -0.2) is 34.6 Å². The highest BCUT2D eigenvalue weighted by Crippen LogP contribution is 2.09. The Hall–Kier alpha value is -0.120. The molecule has 0 spiro atoms. The van der Waals surface area contributed by atoms with Gasteiger partial charge in [0.25, 0.3) is 0 Å². The van der Waals surface area contributed by atoms with Crippen LogP contribution in [0.15, 0.2) is 0 Å². The first-order valence-electron chi connectivity index (χ1n) is 4.93. The Morgan fingerprint density at radius 1 is 0.846 bits per heavy atom. The van der Waals surface area contributed by atoms with E-state index in [1.165, 1.54) is 0 Å². The SMILES string of the molecule is CC(O)CC(C)OC(C)CC(C)O. The molecule has 0 saturated heterocycles. The zero-order valence-electron chi connectivity index (χ0n) is 9.03. The molecule has 0 aliphatic heterocycles. The lowest BCUT2D eigenvalue weighted by Gasteiger charge is -2.21. The average molecular weight is 190 g/mol. The van der Waals surface area contributed by atoms with Gasteiger partial charge in [0.1, 0.15) is 0 Å². The van der Waals surface area contributed by atoms with Crippen molar-refractivity contribution in [2.45, 2.75) is 65.0 Å². The third kappa shape index (κ3) is 8.22. The molecule has 3 heteroatoms. The second-order valence-electron chi connectivity index (χ2n) is 3.93. The minimum Gasteiger partial charge on any atom is -0.393 e. The molecule has 4 unspecified atom stereocenters. The van der Waals surface area contributed by atoms with Gasteiger partial charge in [0, 0.05) is 0 Å². The van der Waals surface area contributed by atoms with Crippen LogP contribution in [0.25, 0.3) is 0 Å². The van der Waals surface area contributed by atoms with Crippen LogP contribution in [0.4, 0.5) is 0 Å². The summed E-state index contributed by atoms with van der Waals surface area (Å²) in [6, 6.07) is 0. The smallest absolute Gasteiger partial charge is 0.0575 e. The number of rotatable bonds is 6. The van der Waals surface area contributed by atoms with E-state index in [-0.39, 0.29) is 24.4 Å². The molecule has 0 heterocycles. The van der Waals surface area contributed by atoms with Crippen molar-refractivity contribution in [2.24, 2.45) is 0 Å². The summed E-state index contributed by atoms with van der Waals surface area (Å²) in [6.07, 6.45) is 0.735. The molecule has 80 valence electrons. The highest BCUT2D eigenvalue weighted by Gasteiger charge is 2.12. The number of aliphatic hydroxyl groups excluding tert-OH is 2. The Morgan fingerprint density at radius 2 is 1.15 bits per heavy atom. The van der Waals surface area contributed by atoms with E-state index in [0.717, 1.165) is 0 Å². The molecular weight excluding hydrogens is 168 g/mol. The predicted octanol–water partition coefficient (Wildman–Crippen LogP) is 1.32. The van der Waals surface area contributed by atoms with Crippen molar-refractivity contribution in [3.63, 3.8) is 0 Å². The summed E-state index contributed by atoms with van der Waals surface area (Å²) >= 11 is 0. The van der Waals surface area contributed by atoms with Crippen molar-refractivity contribution < 1.29 is 14.9 Å². The van der Waals surface area contributed by atoms with Crippen LogP contribution in [0.2, 0.25) is 0 Å². The van der Waals surface area contributed by atoms with Gasteiger partial charge in [-0.1, -0.05) is 0 Å². The molecule has 0 aromatic heterocycles. The van der Waals surface area contributed by atoms with Gasteiger partial charge in [-0.3, -0.25) is 0 Å². The minimum absolute atomic E-state index is 0.0498. The Kier molecular flexibility index (Phi) is 6.29. The van der Waals surface area contributed by atoms with E-state index >= 15 is 0 Å². The van der Waals surface area contributed by atoms with Crippen LogP contribution in [0, 0.1) is 0 Å². The lowest BCUT2D eigenvalue weighted by molar-refractivity contribution is -0.0330. The summed E-state index contributed by atoms with van der Waals surface area (Å²) in [5.74, 6) is 0. The van der Waals surface area contributed by atoms with Crippen LogP contribution < -0.4 is 0 Å². The summed E-state index contributed by atoms with van der Waals surface area (Å²) in [7, 11) is 0. The van der Waals surface area contributed by atoms with E-state index in [1.807, 2.05) is 13.8 Å². The minimum atomic E-state index is -0.325. The molecule has 0 bridgehead atoms. The summed E-state index contributed by atoms with van der Waals surface area (Å²) in [4.78, 5) is 0. The van der Waals surface area contributed by atoms with Crippen molar-refractivity contribution >= 4 is 0 Å². The zero-order valence-corrected chi connectivity index (χ0v) is 9.03. The third-order valence-electron chi connectivity index (χ3n) is 1.81. The Morgan fingerprint density at radius 3 is 1.38 bits per heavy atom. The van der Waals surface area contributed by atoms with E-state index in [2.05, 4.69) is 0 Å². The summed E-state index contributed by atoms with van der Waals surface area (Å²) < 4.78 is 5.55. The lowest BCUT2D eigenvalue weighted by atomic mass is 10.1. The van der Waals surface area contributed by atoms with Crippen molar-refractivity contribution in [3.8, 4) is 0 Å². The van der Waals surface area contributed by atoms with Gasteiger partial charge in [0.2, 0.25) is 0 Å². The second-order valence-corrected chi connectivity index (χ2v) is 3.93. The third-order valence-corrected chi connectivity index (χ3v) is 1.81. The van der Waals surface area contributed by atoms with E-state index in [1.54, 1.807) is 13.8 Å². The Bertz CT molecular complexity index is 109. The van der Waals surface area contributed by atoms with Crippen LogP contribution >= 0.6 is 0 Å². The summed E-state index contributed by atoms with van der Waals surface area (Å²) in [5, 5.41) is 18.2. The molecule has 0 fully saturated rings. The van der Waals surface area contributed by atoms with E-state index < -0.39 is 0 Å². The maximum Gasteiger partial charge on any atom is 0.0575 e. The first kappa shape index (κ1) is 12.9. The molecule has 0 radical (unpaired) electrons. The van der Waals surface area contributed by atoms with E-state index in [9.17, 15) is 0 Å². The van der Waals surface area contributed by atoms with Crippen LogP contribution in [0.3, 0.4) is 0 Å². The maximum absolute atomic E-state index is 9.09. The second kappa shape index (κ2) is 6.35. The Balaban J connectivity index is 3.58. The summed E-state index contributed by atoms with van der Waals surface area (Å²) in [5.41, 5.74) is 0. The summed E-state index contributed by atoms with van der Waals surface area (Å²) in [6.45, 7) is 7.37. The fourth-order valence-electron chi connectivity index (χ4n) is 1.47. The van der Waals surface area contributed by atoms with Crippen molar-refractivity contribution in [2.75, 3.05) is 0 Å². The van der Waals surface area contributed by atoms with Gasteiger partial charge in [-0.25, -0.2) is 0 Å². The standard InChI is InChI=1S/C10H22O3/c1-7(11)5-9(3)13-10(4)6-8(2)12/h7-12H,5-6H2,1-4H3. The number of hydrogen-bond acceptors (Lipinski definition) is 3.